The second-order valence-corrected chi connectivity index (χ2v) is 6.74. The van der Waals surface area contributed by atoms with Gasteiger partial charge in [0.2, 0.25) is 5.91 Å². The van der Waals surface area contributed by atoms with Crippen molar-refractivity contribution in [2.75, 3.05) is 13.1 Å². The van der Waals surface area contributed by atoms with Gasteiger partial charge in [-0.25, -0.2) is 0 Å². The van der Waals surface area contributed by atoms with E-state index >= 15 is 0 Å². The Morgan fingerprint density at radius 1 is 1.14 bits per heavy atom. The SMILES string of the molecule is CC(C)c1ccc(C(NC(=O)C2CCNC2)C(C)C)cc1. The minimum atomic E-state index is 0.0966. The Hall–Kier alpha value is -1.35. The van der Waals surface area contributed by atoms with Gasteiger partial charge in [-0.15, -0.1) is 0 Å². The van der Waals surface area contributed by atoms with Gasteiger partial charge in [-0.1, -0.05) is 52.0 Å². The van der Waals surface area contributed by atoms with Crippen molar-refractivity contribution in [2.24, 2.45) is 11.8 Å². The van der Waals surface area contributed by atoms with E-state index in [1.54, 1.807) is 0 Å². The highest BCUT2D eigenvalue weighted by Gasteiger charge is 2.26. The van der Waals surface area contributed by atoms with Gasteiger partial charge in [0.25, 0.3) is 0 Å². The molecule has 1 heterocycles. The number of amides is 1. The first-order valence-corrected chi connectivity index (χ1v) is 8.10. The van der Waals surface area contributed by atoms with E-state index < -0.39 is 0 Å². The average Bonchev–Trinajstić information content (AvgIpc) is 2.98. The molecule has 1 aliphatic heterocycles. The lowest BCUT2D eigenvalue weighted by atomic mass is 9.92. The molecule has 1 saturated heterocycles. The van der Waals surface area contributed by atoms with Crippen LogP contribution in [0.1, 0.15) is 57.2 Å². The minimum Gasteiger partial charge on any atom is -0.349 e. The van der Waals surface area contributed by atoms with Crippen molar-refractivity contribution in [3.8, 4) is 0 Å². The third-order valence-corrected chi connectivity index (χ3v) is 4.36. The number of benzene rings is 1. The maximum Gasteiger partial charge on any atom is 0.224 e. The minimum absolute atomic E-state index is 0.0966. The Morgan fingerprint density at radius 2 is 1.76 bits per heavy atom. The van der Waals surface area contributed by atoms with E-state index in [4.69, 9.17) is 0 Å². The number of nitrogens with one attached hydrogen (secondary N) is 2. The third-order valence-electron chi connectivity index (χ3n) is 4.36. The first kappa shape index (κ1) is 16.0. The summed E-state index contributed by atoms with van der Waals surface area (Å²) < 4.78 is 0. The van der Waals surface area contributed by atoms with Crippen LogP contribution in [0.3, 0.4) is 0 Å². The molecule has 2 unspecified atom stereocenters. The summed E-state index contributed by atoms with van der Waals surface area (Å²) in [7, 11) is 0. The Bertz CT molecular complexity index is 459. The predicted molar refractivity (Wildman–Crippen MR) is 87.2 cm³/mol. The molecule has 2 N–H and O–H groups in total. The lowest BCUT2D eigenvalue weighted by Crippen LogP contribution is -2.37. The van der Waals surface area contributed by atoms with Crippen LogP contribution >= 0.6 is 0 Å². The van der Waals surface area contributed by atoms with Gasteiger partial charge in [-0.2, -0.15) is 0 Å². The topological polar surface area (TPSA) is 41.1 Å². The van der Waals surface area contributed by atoms with E-state index in [0.29, 0.717) is 11.8 Å². The summed E-state index contributed by atoms with van der Waals surface area (Å²) >= 11 is 0. The smallest absolute Gasteiger partial charge is 0.224 e. The zero-order valence-corrected chi connectivity index (χ0v) is 13.6. The molecule has 1 aromatic carbocycles. The Balaban J connectivity index is 2.09. The fourth-order valence-corrected chi connectivity index (χ4v) is 2.87. The molecule has 0 bridgehead atoms. The molecule has 2 atom stereocenters. The van der Waals surface area contributed by atoms with Gasteiger partial charge >= 0.3 is 0 Å². The Labute approximate surface area is 128 Å². The second-order valence-electron chi connectivity index (χ2n) is 6.74. The van der Waals surface area contributed by atoms with Crippen molar-refractivity contribution >= 4 is 5.91 Å². The third kappa shape index (κ3) is 4.07. The van der Waals surface area contributed by atoms with Crippen molar-refractivity contribution in [3.63, 3.8) is 0 Å². The molecule has 2 rings (SSSR count). The molecule has 0 radical (unpaired) electrons. The van der Waals surface area contributed by atoms with E-state index in [1.165, 1.54) is 11.1 Å². The van der Waals surface area contributed by atoms with Gasteiger partial charge in [-0.3, -0.25) is 4.79 Å². The number of carbonyl (C=O) groups excluding carboxylic acids is 1. The van der Waals surface area contributed by atoms with E-state index in [-0.39, 0.29) is 17.9 Å². The van der Waals surface area contributed by atoms with Gasteiger partial charge in [0, 0.05) is 6.54 Å². The zero-order chi connectivity index (χ0) is 15.4. The molecule has 21 heavy (non-hydrogen) atoms. The summed E-state index contributed by atoms with van der Waals surface area (Å²) in [5, 5.41) is 6.50. The van der Waals surface area contributed by atoms with Crippen molar-refractivity contribution in [1.82, 2.24) is 10.6 Å². The van der Waals surface area contributed by atoms with Crippen LogP contribution in [0.4, 0.5) is 0 Å². The summed E-state index contributed by atoms with van der Waals surface area (Å²) in [6.45, 7) is 10.5. The second kappa shape index (κ2) is 7.08. The van der Waals surface area contributed by atoms with Crippen molar-refractivity contribution in [1.29, 1.82) is 0 Å². The molecular weight excluding hydrogens is 260 g/mol. The van der Waals surface area contributed by atoms with Crippen LogP contribution in [0.2, 0.25) is 0 Å². The van der Waals surface area contributed by atoms with E-state index in [1.807, 2.05) is 0 Å². The monoisotopic (exact) mass is 288 g/mol. The summed E-state index contributed by atoms with van der Waals surface area (Å²) in [5.41, 5.74) is 2.54. The van der Waals surface area contributed by atoms with E-state index in [0.717, 1.165) is 19.5 Å². The zero-order valence-electron chi connectivity index (χ0n) is 13.6. The van der Waals surface area contributed by atoms with Crippen LogP contribution in [-0.2, 0) is 4.79 Å². The van der Waals surface area contributed by atoms with Crippen LogP contribution in [-0.4, -0.2) is 19.0 Å². The fraction of sp³-hybridized carbons (Fsp3) is 0.611. The highest BCUT2D eigenvalue weighted by Crippen LogP contribution is 2.25. The normalized spacial score (nSPS) is 20.0. The molecule has 0 saturated carbocycles. The average molecular weight is 288 g/mol. The Morgan fingerprint density at radius 3 is 2.24 bits per heavy atom. The lowest BCUT2D eigenvalue weighted by Gasteiger charge is -2.25. The molecule has 1 amide bonds. The highest BCUT2D eigenvalue weighted by atomic mass is 16.2. The van der Waals surface area contributed by atoms with Crippen LogP contribution < -0.4 is 10.6 Å². The van der Waals surface area contributed by atoms with Crippen LogP contribution in [0.5, 0.6) is 0 Å². The van der Waals surface area contributed by atoms with Gasteiger partial charge in [0.15, 0.2) is 0 Å². The standard InChI is InChI=1S/C18H28N2O/c1-12(2)14-5-7-15(8-6-14)17(13(3)4)20-18(21)16-9-10-19-11-16/h5-8,12-13,16-17,19H,9-11H2,1-4H3,(H,20,21). The maximum atomic E-state index is 12.4. The van der Waals surface area contributed by atoms with Crippen LogP contribution in [0.25, 0.3) is 0 Å². The fourth-order valence-electron chi connectivity index (χ4n) is 2.87. The van der Waals surface area contributed by atoms with Crippen molar-refractivity contribution in [3.05, 3.63) is 35.4 Å². The number of hydrogen-bond acceptors (Lipinski definition) is 2. The molecule has 3 heteroatoms. The number of hydrogen-bond donors (Lipinski definition) is 2. The van der Waals surface area contributed by atoms with Crippen LogP contribution in [0.15, 0.2) is 24.3 Å². The molecule has 0 spiro atoms. The summed E-state index contributed by atoms with van der Waals surface area (Å²) in [4.78, 5) is 12.4. The van der Waals surface area contributed by atoms with Gasteiger partial charge in [0.1, 0.15) is 0 Å². The van der Waals surface area contributed by atoms with E-state index in [9.17, 15) is 4.79 Å². The molecule has 0 aromatic heterocycles. The quantitative estimate of drug-likeness (QED) is 0.873. The maximum absolute atomic E-state index is 12.4. The van der Waals surface area contributed by atoms with E-state index in [2.05, 4.69) is 62.6 Å². The van der Waals surface area contributed by atoms with Gasteiger partial charge in [-0.05, 0) is 35.9 Å². The molecule has 1 fully saturated rings. The lowest BCUT2D eigenvalue weighted by molar-refractivity contribution is -0.125. The first-order valence-electron chi connectivity index (χ1n) is 8.10. The summed E-state index contributed by atoms with van der Waals surface area (Å²) in [6.07, 6.45) is 0.947. The predicted octanol–water partition coefficient (Wildman–Crippen LogP) is 3.23. The molecule has 0 aliphatic carbocycles. The van der Waals surface area contributed by atoms with Crippen molar-refractivity contribution in [2.45, 2.75) is 46.1 Å². The largest absolute Gasteiger partial charge is 0.349 e. The number of carbonyl (C=O) groups is 1. The summed E-state index contributed by atoms with van der Waals surface area (Å²) in [5.74, 6) is 1.23. The molecule has 1 aromatic rings. The van der Waals surface area contributed by atoms with Crippen LogP contribution in [0, 0.1) is 11.8 Å². The first-order chi connectivity index (χ1) is 9.99. The highest BCUT2D eigenvalue weighted by molar-refractivity contribution is 5.79. The van der Waals surface area contributed by atoms with Gasteiger partial charge in [0.05, 0.1) is 12.0 Å². The molecule has 1 aliphatic rings. The number of rotatable bonds is 5. The van der Waals surface area contributed by atoms with Crippen molar-refractivity contribution < 1.29 is 4.79 Å². The Kier molecular flexibility index (Phi) is 5.40. The molecule has 3 nitrogen and oxygen atoms in total. The summed E-state index contributed by atoms with van der Waals surface area (Å²) in [6, 6.07) is 8.77. The van der Waals surface area contributed by atoms with Gasteiger partial charge < -0.3 is 10.6 Å². The molecular formula is C18H28N2O. The molecule has 116 valence electrons.